The van der Waals surface area contributed by atoms with E-state index in [2.05, 4.69) is 31.2 Å². The first-order valence-electron chi connectivity index (χ1n) is 4.76. The molecule has 0 aliphatic heterocycles. The number of hydrogen-bond acceptors (Lipinski definition) is 5. The Morgan fingerprint density at radius 2 is 2.17 bits per heavy atom. The lowest BCUT2D eigenvalue weighted by Crippen LogP contribution is -2.00. The van der Waals surface area contributed by atoms with Crippen molar-refractivity contribution in [2.24, 2.45) is 0 Å². The van der Waals surface area contributed by atoms with Crippen LogP contribution in [-0.4, -0.2) is 14.9 Å². The molecule has 2 rings (SSSR count). The number of aromatic nitrogens is 2. The summed E-state index contributed by atoms with van der Waals surface area (Å²) in [6.45, 7) is 0. The molecule has 0 radical (unpaired) electrons. The van der Waals surface area contributed by atoms with Crippen molar-refractivity contribution < 1.29 is 4.92 Å². The summed E-state index contributed by atoms with van der Waals surface area (Å²) < 4.78 is 0.496. The second-order valence-electron chi connectivity index (χ2n) is 3.25. The quantitative estimate of drug-likeness (QED) is 0.529. The number of nitro groups is 1. The van der Waals surface area contributed by atoms with Gasteiger partial charge in [-0.2, -0.15) is 0 Å². The minimum Gasteiger partial charge on any atom is -0.334 e. The van der Waals surface area contributed by atoms with E-state index < -0.39 is 4.92 Å². The number of rotatable bonds is 3. The molecule has 0 saturated carbocycles. The summed E-state index contributed by atoms with van der Waals surface area (Å²) in [4.78, 5) is 18.2. The van der Waals surface area contributed by atoms with Gasteiger partial charge in [-0.3, -0.25) is 10.1 Å². The van der Waals surface area contributed by atoms with E-state index in [1.54, 1.807) is 12.1 Å². The molecular weight excluding hydrogens is 323 g/mol. The fourth-order valence-electron chi connectivity index (χ4n) is 1.28. The van der Waals surface area contributed by atoms with E-state index in [0.29, 0.717) is 10.3 Å². The highest BCUT2D eigenvalue weighted by atomic mass is 79.9. The molecule has 0 aliphatic rings. The Bertz CT molecular complexity index is 608. The summed E-state index contributed by atoms with van der Waals surface area (Å²) in [6.07, 6.45) is 1.49. The highest BCUT2D eigenvalue weighted by Crippen LogP contribution is 2.27. The third-order valence-corrected chi connectivity index (χ3v) is 2.67. The maximum absolute atomic E-state index is 10.9. The highest BCUT2D eigenvalue weighted by Gasteiger charge is 2.15. The lowest BCUT2D eigenvalue weighted by molar-refractivity contribution is -0.384. The molecule has 6 nitrogen and oxygen atoms in total. The van der Waals surface area contributed by atoms with Crippen LogP contribution in [0, 0.1) is 10.1 Å². The molecular formula is C10H6BrClN4O2. The van der Waals surface area contributed by atoms with Crippen LogP contribution >= 0.6 is 27.5 Å². The topological polar surface area (TPSA) is 81.0 Å². The van der Waals surface area contributed by atoms with Crippen molar-refractivity contribution in [3.8, 4) is 0 Å². The van der Waals surface area contributed by atoms with Crippen molar-refractivity contribution in [3.05, 3.63) is 50.3 Å². The van der Waals surface area contributed by atoms with Crippen LogP contribution in [0.2, 0.25) is 5.15 Å². The first-order chi connectivity index (χ1) is 8.56. The van der Waals surface area contributed by atoms with Gasteiger partial charge in [0.2, 0.25) is 5.82 Å². The monoisotopic (exact) mass is 328 g/mol. The van der Waals surface area contributed by atoms with Crippen molar-refractivity contribution in [1.82, 2.24) is 9.97 Å². The number of halogens is 2. The number of pyridine rings is 2. The van der Waals surface area contributed by atoms with Gasteiger partial charge in [-0.15, -0.1) is 0 Å². The molecule has 0 atom stereocenters. The van der Waals surface area contributed by atoms with Crippen LogP contribution < -0.4 is 5.32 Å². The molecule has 0 aromatic carbocycles. The predicted molar refractivity (Wildman–Crippen MR) is 71.1 cm³/mol. The van der Waals surface area contributed by atoms with E-state index in [1.165, 1.54) is 18.3 Å². The van der Waals surface area contributed by atoms with Gasteiger partial charge in [0, 0.05) is 18.0 Å². The van der Waals surface area contributed by atoms with E-state index in [0.717, 1.165) is 0 Å². The molecule has 8 heteroatoms. The molecule has 0 amide bonds. The van der Waals surface area contributed by atoms with Crippen molar-refractivity contribution in [1.29, 1.82) is 0 Å². The maximum atomic E-state index is 10.9. The lowest BCUT2D eigenvalue weighted by Gasteiger charge is -2.06. The van der Waals surface area contributed by atoms with Crippen molar-refractivity contribution in [2.45, 2.75) is 0 Å². The van der Waals surface area contributed by atoms with Gasteiger partial charge in [0.25, 0.3) is 0 Å². The van der Waals surface area contributed by atoms with Gasteiger partial charge >= 0.3 is 5.69 Å². The summed E-state index contributed by atoms with van der Waals surface area (Å²) >= 11 is 8.89. The van der Waals surface area contributed by atoms with Crippen LogP contribution in [0.1, 0.15) is 0 Å². The second-order valence-corrected chi connectivity index (χ2v) is 4.45. The Hall–Kier alpha value is -1.73. The highest BCUT2D eigenvalue weighted by molar-refractivity contribution is 9.10. The van der Waals surface area contributed by atoms with E-state index in [1.807, 2.05) is 0 Å². The standard InChI is InChI=1S/C10H6BrClN4O2/c11-8-2-1-7(16(17)18)10(15-8)14-6-3-4-13-9(12)5-6/h1-5H,(H,13,14,15). The molecule has 92 valence electrons. The van der Waals surface area contributed by atoms with Crippen LogP contribution in [0.25, 0.3) is 0 Å². The van der Waals surface area contributed by atoms with Gasteiger partial charge in [0.15, 0.2) is 0 Å². The predicted octanol–water partition coefficient (Wildman–Crippen LogP) is 3.54. The number of nitrogens with zero attached hydrogens (tertiary/aromatic N) is 3. The van der Waals surface area contributed by atoms with Crippen molar-refractivity contribution in [3.63, 3.8) is 0 Å². The first-order valence-corrected chi connectivity index (χ1v) is 5.93. The Morgan fingerprint density at radius 3 is 2.83 bits per heavy atom. The third kappa shape index (κ3) is 2.93. The summed E-state index contributed by atoms with van der Waals surface area (Å²) in [5.74, 6) is 0.136. The van der Waals surface area contributed by atoms with Gasteiger partial charge in [-0.1, -0.05) is 11.6 Å². The average Bonchev–Trinajstić information content (AvgIpc) is 2.28. The van der Waals surface area contributed by atoms with Gasteiger partial charge < -0.3 is 5.32 Å². The minimum absolute atomic E-state index is 0.119. The van der Waals surface area contributed by atoms with Crippen LogP contribution in [0.3, 0.4) is 0 Å². The molecule has 2 aromatic heterocycles. The van der Waals surface area contributed by atoms with E-state index in [4.69, 9.17) is 11.6 Å². The average molecular weight is 330 g/mol. The molecule has 1 N–H and O–H groups in total. The van der Waals surface area contributed by atoms with E-state index >= 15 is 0 Å². The Morgan fingerprint density at radius 1 is 1.39 bits per heavy atom. The number of anilines is 2. The Kier molecular flexibility index (Phi) is 3.73. The van der Waals surface area contributed by atoms with Crippen molar-refractivity contribution >= 4 is 44.7 Å². The maximum Gasteiger partial charge on any atom is 0.311 e. The lowest BCUT2D eigenvalue weighted by atomic mass is 10.3. The molecule has 0 unspecified atom stereocenters. The molecule has 2 aromatic rings. The zero-order valence-corrected chi connectivity index (χ0v) is 11.1. The smallest absolute Gasteiger partial charge is 0.311 e. The molecule has 18 heavy (non-hydrogen) atoms. The molecule has 0 saturated heterocycles. The SMILES string of the molecule is O=[N+]([O-])c1ccc(Br)nc1Nc1ccnc(Cl)c1. The summed E-state index contributed by atoms with van der Waals surface area (Å²) in [6, 6.07) is 6.05. The van der Waals surface area contributed by atoms with Crippen molar-refractivity contribution in [2.75, 3.05) is 5.32 Å². The van der Waals surface area contributed by atoms with Gasteiger partial charge in [0.1, 0.15) is 9.76 Å². The molecule has 0 bridgehead atoms. The largest absolute Gasteiger partial charge is 0.334 e. The molecule has 0 fully saturated rings. The van der Waals surface area contributed by atoms with E-state index in [9.17, 15) is 10.1 Å². The Labute approximate surface area is 115 Å². The zero-order valence-electron chi connectivity index (χ0n) is 8.80. The van der Waals surface area contributed by atoms with E-state index in [-0.39, 0.29) is 16.7 Å². The van der Waals surface area contributed by atoms with Crippen LogP contribution in [0.5, 0.6) is 0 Å². The normalized spacial score (nSPS) is 10.1. The first kappa shape index (κ1) is 12.7. The fraction of sp³-hybridized carbons (Fsp3) is 0. The minimum atomic E-state index is -0.509. The molecule has 2 heterocycles. The van der Waals surface area contributed by atoms with Crippen LogP contribution in [0.4, 0.5) is 17.2 Å². The third-order valence-electron chi connectivity index (χ3n) is 2.03. The van der Waals surface area contributed by atoms with Crippen LogP contribution in [0.15, 0.2) is 35.1 Å². The molecule has 0 spiro atoms. The summed E-state index contributed by atoms with van der Waals surface area (Å²) in [5, 5.41) is 14.0. The van der Waals surface area contributed by atoms with Gasteiger partial charge in [-0.05, 0) is 34.1 Å². The van der Waals surface area contributed by atoms with Gasteiger partial charge in [0.05, 0.1) is 4.92 Å². The molecule has 0 aliphatic carbocycles. The second kappa shape index (κ2) is 5.28. The van der Waals surface area contributed by atoms with Gasteiger partial charge in [-0.25, -0.2) is 9.97 Å². The Balaban J connectivity index is 2.39. The number of nitrogens with one attached hydrogen (secondary N) is 1. The fourth-order valence-corrected chi connectivity index (χ4v) is 1.77. The summed E-state index contributed by atoms with van der Waals surface area (Å²) in [5.41, 5.74) is 0.454. The summed E-state index contributed by atoms with van der Waals surface area (Å²) in [7, 11) is 0. The van der Waals surface area contributed by atoms with Crippen LogP contribution in [-0.2, 0) is 0 Å². The zero-order chi connectivity index (χ0) is 13.1. The number of hydrogen-bond donors (Lipinski definition) is 1.